The van der Waals surface area contributed by atoms with Crippen molar-refractivity contribution in [2.45, 2.75) is 11.8 Å². The molecule has 0 aliphatic carbocycles. The zero-order valence-electron chi connectivity index (χ0n) is 8.66. The Morgan fingerprint density at radius 2 is 0.900 bits per heavy atom. The minimum Gasteiger partial charge on any atom is -0.203 e. The summed E-state index contributed by atoms with van der Waals surface area (Å²) in [7, 11) is 0. The SMILES string of the molecule is F[C](F)C(F)(F)C(F)(F)c1c(F)c(F)c(F)c(F)c1F. The Labute approximate surface area is 102 Å². The first-order valence-electron chi connectivity index (χ1n) is 4.33. The van der Waals surface area contributed by atoms with Gasteiger partial charge in [-0.05, 0) is 0 Å². The topological polar surface area (TPSA) is 0 Å². The van der Waals surface area contributed by atoms with Gasteiger partial charge >= 0.3 is 18.3 Å². The first kappa shape index (κ1) is 16.5. The normalized spacial score (nSPS) is 13.2. The Balaban J connectivity index is 3.71. The van der Waals surface area contributed by atoms with Crippen LogP contribution in [-0.4, -0.2) is 5.92 Å². The van der Waals surface area contributed by atoms with Crippen molar-refractivity contribution >= 4 is 0 Å². The van der Waals surface area contributed by atoms with Gasteiger partial charge in [-0.15, -0.1) is 0 Å². The van der Waals surface area contributed by atoms with E-state index in [1.54, 1.807) is 0 Å². The third-order valence-electron chi connectivity index (χ3n) is 2.16. The summed E-state index contributed by atoms with van der Waals surface area (Å²) in [6, 6.07) is 0. The molecule has 0 aliphatic heterocycles. The van der Waals surface area contributed by atoms with Gasteiger partial charge in [-0.2, -0.15) is 26.3 Å². The summed E-state index contributed by atoms with van der Waals surface area (Å²) in [5.74, 6) is -28.3. The molecule has 0 aliphatic rings. The fourth-order valence-electron chi connectivity index (χ4n) is 1.16. The summed E-state index contributed by atoms with van der Waals surface area (Å²) in [5.41, 5.74) is -3.34. The third kappa shape index (κ3) is 2.08. The van der Waals surface area contributed by atoms with Crippen LogP contribution in [-0.2, 0) is 5.92 Å². The minimum atomic E-state index is -6.43. The number of alkyl halides is 4. The lowest BCUT2D eigenvalue weighted by Gasteiger charge is -2.25. The van der Waals surface area contributed by atoms with Crippen LogP contribution in [0.2, 0.25) is 0 Å². The Kier molecular flexibility index (Phi) is 3.94. The monoisotopic (exact) mass is 317 g/mol. The summed E-state index contributed by atoms with van der Waals surface area (Å²) >= 11 is 0. The van der Waals surface area contributed by atoms with Crippen molar-refractivity contribution in [2.75, 3.05) is 0 Å². The molecule has 0 atom stereocenters. The van der Waals surface area contributed by atoms with Gasteiger partial charge in [0.25, 0.3) is 0 Å². The number of halogens is 11. The van der Waals surface area contributed by atoms with Crippen molar-refractivity contribution in [3.63, 3.8) is 0 Å². The van der Waals surface area contributed by atoms with E-state index < -0.39 is 52.9 Å². The van der Waals surface area contributed by atoms with E-state index in [-0.39, 0.29) is 0 Å². The van der Waals surface area contributed by atoms with E-state index in [0.717, 1.165) is 0 Å². The Bertz CT molecular complexity index is 504. The fraction of sp³-hybridized carbons (Fsp3) is 0.222. The van der Waals surface area contributed by atoms with E-state index in [9.17, 15) is 48.3 Å². The van der Waals surface area contributed by atoms with Crippen LogP contribution in [0.25, 0.3) is 0 Å². The zero-order chi connectivity index (χ0) is 16.0. The van der Waals surface area contributed by atoms with Crippen LogP contribution in [0.15, 0.2) is 0 Å². The Morgan fingerprint density at radius 3 is 1.20 bits per heavy atom. The fourth-order valence-corrected chi connectivity index (χ4v) is 1.16. The van der Waals surface area contributed by atoms with Gasteiger partial charge in [-0.3, -0.25) is 0 Å². The number of benzene rings is 1. The number of hydrogen-bond donors (Lipinski definition) is 0. The van der Waals surface area contributed by atoms with Gasteiger partial charge in [-0.25, -0.2) is 22.0 Å². The molecule has 0 heterocycles. The quantitative estimate of drug-likeness (QED) is 0.436. The lowest BCUT2D eigenvalue weighted by Crippen LogP contribution is -2.42. The number of hydrogen-bond acceptors (Lipinski definition) is 0. The van der Waals surface area contributed by atoms with E-state index in [0.29, 0.717) is 0 Å². The van der Waals surface area contributed by atoms with Crippen molar-refractivity contribution < 1.29 is 48.3 Å². The molecule has 1 aromatic carbocycles. The van der Waals surface area contributed by atoms with Crippen LogP contribution in [0.5, 0.6) is 0 Å². The van der Waals surface area contributed by atoms with E-state index in [2.05, 4.69) is 0 Å². The summed E-state index contributed by atoms with van der Waals surface area (Å²) < 4.78 is 138. The highest BCUT2D eigenvalue weighted by atomic mass is 19.3. The number of rotatable bonds is 3. The highest BCUT2D eigenvalue weighted by molar-refractivity contribution is 5.30. The molecule has 0 saturated carbocycles. The molecule has 0 bridgehead atoms. The highest BCUT2D eigenvalue weighted by Crippen LogP contribution is 2.51. The summed E-state index contributed by atoms with van der Waals surface area (Å²) in [6.07, 6.45) is -4.26. The largest absolute Gasteiger partial charge is 0.385 e. The van der Waals surface area contributed by atoms with Crippen LogP contribution in [0.1, 0.15) is 5.56 Å². The van der Waals surface area contributed by atoms with Gasteiger partial charge in [0, 0.05) is 0 Å². The third-order valence-corrected chi connectivity index (χ3v) is 2.16. The molecule has 20 heavy (non-hydrogen) atoms. The summed E-state index contributed by atoms with van der Waals surface area (Å²) in [4.78, 5) is 0. The molecular weight excluding hydrogens is 317 g/mol. The standard InChI is InChI=1S/C9F11/c10-2-1(3(11)5(13)6(14)4(2)12)8(17,18)9(19,20)7(15)16. The molecule has 1 radical (unpaired) electrons. The van der Waals surface area contributed by atoms with Crippen molar-refractivity contribution in [3.05, 3.63) is 41.1 Å². The average Bonchev–Trinajstić information content (AvgIpc) is 2.33. The van der Waals surface area contributed by atoms with Crippen molar-refractivity contribution in [3.8, 4) is 0 Å². The van der Waals surface area contributed by atoms with Gasteiger partial charge in [0.15, 0.2) is 23.3 Å². The van der Waals surface area contributed by atoms with Crippen molar-refractivity contribution in [2.24, 2.45) is 0 Å². The zero-order valence-corrected chi connectivity index (χ0v) is 8.66. The maximum absolute atomic E-state index is 13.0. The second-order valence-electron chi connectivity index (χ2n) is 3.35. The molecule has 0 unspecified atom stereocenters. The van der Waals surface area contributed by atoms with E-state index in [4.69, 9.17) is 0 Å². The van der Waals surface area contributed by atoms with E-state index >= 15 is 0 Å². The molecular formula is C9F11. The Hall–Kier alpha value is -1.55. The highest BCUT2D eigenvalue weighted by Gasteiger charge is 2.67. The van der Waals surface area contributed by atoms with E-state index in [1.807, 2.05) is 0 Å². The molecule has 11 heteroatoms. The lowest BCUT2D eigenvalue weighted by molar-refractivity contribution is -0.237. The van der Waals surface area contributed by atoms with Crippen LogP contribution in [0.3, 0.4) is 0 Å². The molecule has 0 aromatic heterocycles. The second-order valence-corrected chi connectivity index (χ2v) is 3.35. The molecule has 0 spiro atoms. The predicted octanol–water partition coefficient (Wildman–Crippen LogP) is 4.54. The van der Waals surface area contributed by atoms with Gasteiger partial charge in [0.1, 0.15) is 5.56 Å². The summed E-state index contributed by atoms with van der Waals surface area (Å²) in [5, 5.41) is 0. The minimum absolute atomic E-state index is 2.90. The smallest absolute Gasteiger partial charge is 0.203 e. The van der Waals surface area contributed by atoms with E-state index in [1.165, 1.54) is 0 Å². The van der Waals surface area contributed by atoms with Gasteiger partial charge < -0.3 is 0 Å². The van der Waals surface area contributed by atoms with Crippen LogP contribution >= 0.6 is 0 Å². The van der Waals surface area contributed by atoms with Crippen LogP contribution in [0, 0.1) is 35.5 Å². The van der Waals surface area contributed by atoms with Crippen molar-refractivity contribution in [1.29, 1.82) is 0 Å². The first-order chi connectivity index (χ1) is 8.87. The molecule has 0 nitrogen and oxygen atoms in total. The molecule has 113 valence electrons. The maximum atomic E-state index is 13.0. The average molecular weight is 317 g/mol. The van der Waals surface area contributed by atoms with Gasteiger partial charge in [0.2, 0.25) is 5.82 Å². The molecule has 0 saturated heterocycles. The molecule has 1 aromatic rings. The lowest BCUT2D eigenvalue weighted by atomic mass is 10.00. The predicted molar refractivity (Wildman–Crippen MR) is 40.5 cm³/mol. The first-order valence-corrected chi connectivity index (χ1v) is 4.33. The summed E-state index contributed by atoms with van der Waals surface area (Å²) in [6.45, 7) is 0. The van der Waals surface area contributed by atoms with Gasteiger partial charge in [-0.1, -0.05) is 0 Å². The Morgan fingerprint density at radius 1 is 0.600 bits per heavy atom. The van der Waals surface area contributed by atoms with Crippen LogP contribution < -0.4 is 0 Å². The molecule has 0 fully saturated rings. The van der Waals surface area contributed by atoms with Gasteiger partial charge in [0.05, 0.1) is 0 Å². The second kappa shape index (κ2) is 4.77. The molecule has 0 N–H and O–H groups in total. The molecule has 1 rings (SSSR count). The maximum Gasteiger partial charge on any atom is 0.385 e. The van der Waals surface area contributed by atoms with Crippen LogP contribution in [0.4, 0.5) is 48.3 Å². The van der Waals surface area contributed by atoms with Crippen molar-refractivity contribution in [1.82, 2.24) is 0 Å². The molecule has 0 amide bonds.